The summed E-state index contributed by atoms with van der Waals surface area (Å²) in [5.41, 5.74) is 2.31. The summed E-state index contributed by atoms with van der Waals surface area (Å²) in [4.78, 5) is 15.3. The number of carbonyl (C=O) groups is 1. The van der Waals surface area contributed by atoms with Gasteiger partial charge in [-0.25, -0.2) is 0 Å². The molecule has 1 fully saturated rings. The van der Waals surface area contributed by atoms with Crippen molar-refractivity contribution < 1.29 is 14.3 Å². The normalized spacial score (nSPS) is 19.4. The molecule has 1 aliphatic rings. The van der Waals surface area contributed by atoms with Crippen LogP contribution in [0.4, 0.5) is 0 Å². The van der Waals surface area contributed by atoms with Crippen molar-refractivity contribution in [3.8, 4) is 5.75 Å². The van der Waals surface area contributed by atoms with Crippen molar-refractivity contribution >= 4 is 17.5 Å². The van der Waals surface area contributed by atoms with Gasteiger partial charge in [0.15, 0.2) is 0 Å². The maximum absolute atomic E-state index is 13.3. The summed E-state index contributed by atoms with van der Waals surface area (Å²) < 4.78 is 11.3. The van der Waals surface area contributed by atoms with Gasteiger partial charge in [0, 0.05) is 12.4 Å². The van der Waals surface area contributed by atoms with Crippen molar-refractivity contribution in [3.05, 3.63) is 65.7 Å². The summed E-state index contributed by atoms with van der Waals surface area (Å²) >= 11 is 5.77. The predicted molar refractivity (Wildman–Crippen MR) is 116 cm³/mol. The Labute approximate surface area is 178 Å². The second kappa shape index (κ2) is 11.2. The minimum absolute atomic E-state index is 0.0334. The maximum Gasteiger partial charge on any atom is 0.252 e. The first-order valence-electron chi connectivity index (χ1n) is 10.4. The Balaban J connectivity index is 1.71. The molecule has 0 aliphatic carbocycles. The Kier molecular flexibility index (Phi) is 8.38. The molecule has 2 aromatic rings. The van der Waals surface area contributed by atoms with E-state index in [4.69, 9.17) is 21.1 Å². The van der Waals surface area contributed by atoms with Crippen molar-refractivity contribution in [2.24, 2.45) is 0 Å². The number of ether oxygens (including phenoxy) is 2. The van der Waals surface area contributed by atoms with Gasteiger partial charge in [0.05, 0.1) is 19.8 Å². The summed E-state index contributed by atoms with van der Waals surface area (Å²) in [6.07, 6.45) is 4.17. The van der Waals surface area contributed by atoms with Crippen molar-refractivity contribution in [2.45, 2.75) is 50.8 Å². The second-order valence-electron chi connectivity index (χ2n) is 7.52. The minimum atomic E-state index is -0.351. The molecular weight excluding hydrogens is 386 g/mol. The first-order chi connectivity index (χ1) is 14.2. The average molecular weight is 416 g/mol. The van der Waals surface area contributed by atoms with Crippen LogP contribution in [0.3, 0.4) is 0 Å². The van der Waals surface area contributed by atoms with Crippen LogP contribution < -0.4 is 4.74 Å². The highest BCUT2D eigenvalue weighted by Crippen LogP contribution is 2.24. The number of carbonyl (C=O) groups excluding carboxylic acids is 1. The molecule has 2 atom stereocenters. The fraction of sp³-hybridized carbons (Fsp3) is 0.458. The second-order valence-corrected chi connectivity index (χ2v) is 7.90. The van der Waals surface area contributed by atoms with Crippen LogP contribution in [-0.2, 0) is 22.5 Å². The predicted octanol–water partition coefficient (Wildman–Crippen LogP) is 4.83. The van der Waals surface area contributed by atoms with Crippen molar-refractivity contribution in [2.75, 3.05) is 19.6 Å². The van der Waals surface area contributed by atoms with E-state index in [1.54, 1.807) is 7.11 Å². The zero-order valence-electron chi connectivity index (χ0n) is 17.1. The summed E-state index contributed by atoms with van der Waals surface area (Å²) in [5.74, 6) is 1.58. The lowest BCUT2D eigenvalue weighted by Crippen LogP contribution is -2.54. The number of amides is 1. The third-order valence-electron chi connectivity index (χ3n) is 5.42. The van der Waals surface area contributed by atoms with E-state index in [9.17, 15) is 4.79 Å². The Morgan fingerprint density at radius 3 is 2.48 bits per heavy atom. The van der Waals surface area contributed by atoms with E-state index in [2.05, 4.69) is 12.1 Å². The number of benzene rings is 2. The minimum Gasteiger partial charge on any atom is -0.497 e. The van der Waals surface area contributed by atoms with Crippen LogP contribution in [0.2, 0.25) is 0 Å². The molecule has 4 nitrogen and oxygen atoms in total. The van der Waals surface area contributed by atoms with E-state index < -0.39 is 0 Å². The first-order valence-corrected chi connectivity index (χ1v) is 10.9. The molecule has 0 bridgehead atoms. The Hall–Kier alpha value is -2.04. The van der Waals surface area contributed by atoms with Crippen LogP contribution in [0.1, 0.15) is 36.8 Å². The highest BCUT2D eigenvalue weighted by Gasteiger charge is 2.35. The van der Waals surface area contributed by atoms with Crippen LogP contribution in [0.25, 0.3) is 0 Å². The van der Waals surface area contributed by atoms with Crippen LogP contribution in [0.5, 0.6) is 5.75 Å². The third-order valence-corrected chi connectivity index (χ3v) is 5.68. The van der Waals surface area contributed by atoms with Crippen molar-refractivity contribution in [1.82, 2.24) is 4.90 Å². The summed E-state index contributed by atoms with van der Waals surface area (Å²) in [6, 6.07) is 18.3. The van der Waals surface area contributed by atoms with Crippen LogP contribution in [0.15, 0.2) is 54.6 Å². The number of rotatable bonds is 10. The van der Waals surface area contributed by atoms with Gasteiger partial charge in [-0.05, 0) is 42.5 Å². The molecule has 1 heterocycles. The average Bonchev–Trinajstić information content (AvgIpc) is 2.76. The number of nitrogens with zero attached hydrogens (tertiary/aromatic N) is 1. The van der Waals surface area contributed by atoms with Crippen molar-refractivity contribution in [3.63, 3.8) is 0 Å². The smallest absolute Gasteiger partial charge is 0.252 e. The number of hydrogen-bond donors (Lipinski definition) is 0. The number of methoxy groups -OCH3 is 1. The number of alkyl halides is 1. The van der Waals surface area contributed by atoms with Gasteiger partial charge >= 0.3 is 0 Å². The van der Waals surface area contributed by atoms with E-state index in [1.807, 2.05) is 47.4 Å². The lowest BCUT2D eigenvalue weighted by Gasteiger charge is -2.39. The maximum atomic E-state index is 13.3. The molecule has 0 spiro atoms. The molecule has 2 aromatic carbocycles. The van der Waals surface area contributed by atoms with Crippen LogP contribution >= 0.6 is 11.6 Å². The number of unbranched alkanes of at least 4 members (excludes halogenated alkanes) is 2. The van der Waals surface area contributed by atoms with E-state index >= 15 is 0 Å². The Morgan fingerprint density at radius 2 is 1.79 bits per heavy atom. The quantitative estimate of drug-likeness (QED) is 0.412. The molecule has 0 N–H and O–H groups in total. The highest BCUT2D eigenvalue weighted by molar-refractivity contribution is 6.17. The zero-order chi connectivity index (χ0) is 20.5. The SMILES string of the molecule is COc1ccc(CN2C(=O)C(CCCCCCl)OC[C@@H]2Cc2ccccc2)cc1. The van der Waals surface area contributed by atoms with Gasteiger partial charge in [-0.2, -0.15) is 0 Å². The van der Waals surface area contributed by atoms with Crippen LogP contribution in [0, 0.1) is 0 Å². The molecule has 1 aliphatic heterocycles. The van der Waals surface area contributed by atoms with Crippen LogP contribution in [-0.4, -0.2) is 42.5 Å². The number of hydrogen-bond acceptors (Lipinski definition) is 3. The van der Waals surface area contributed by atoms with E-state index in [1.165, 1.54) is 5.56 Å². The highest BCUT2D eigenvalue weighted by atomic mass is 35.5. The van der Waals surface area contributed by atoms with Crippen molar-refractivity contribution in [1.29, 1.82) is 0 Å². The van der Waals surface area contributed by atoms with Gasteiger partial charge in [0.1, 0.15) is 11.9 Å². The molecule has 0 radical (unpaired) electrons. The largest absolute Gasteiger partial charge is 0.497 e. The number of halogens is 1. The van der Waals surface area contributed by atoms with Gasteiger partial charge in [-0.15, -0.1) is 11.6 Å². The van der Waals surface area contributed by atoms with Gasteiger partial charge in [-0.1, -0.05) is 55.3 Å². The first kappa shape index (κ1) is 21.7. The zero-order valence-corrected chi connectivity index (χ0v) is 17.8. The molecule has 29 heavy (non-hydrogen) atoms. The van der Waals surface area contributed by atoms with Gasteiger partial charge in [0.2, 0.25) is 0 Å². The van der Waals surface area contributed by atoms with E-state index in [0.29, 0.717) is 19.0 Å². The van der Waals surface area contributed by atoms with Gasteiger partial charge in [-0.3, -0.25) is 4.79 Å². The fourth-order valence-corrected chi connectivity index (χ4v) is 3.94. The molecule has 1 unspecified atom stereocenters. The van der Waals surface area contributed by atoms with E-state index in [0.717, 1.165) is 43.4 Å². The van der Waals surface area contributed by atoms with Gasteiger partial charge < -0.3 is 14.4 Å². The third kappa shape index (κ3) is 6.22. The molecule has 3 rings (SSSR count). The molecular formula is C24H30ClNO3. The lowest BCUT2D eigenvalue weighted by molar-refractivity contribution is -0.161. The standard InChI is InChI=1S/C24H30ClNO3/c1-28-22-13-11-20(12-14-22)17-26-21(16-19-8-4-2-5-9-19)18-29-23(24(26)27)10-6-3-7-15-25/h2,4-5,8-9,11-14,21,23H,3,6-7,10,15-18H2,1H3/t21-,23?/m0/s1. The summed E-state index contributed by atoms with van der Waals surface area (Å²) in [6.45, 7) is 1.15. The molecule has 156 valence electrons. The number of morpholine rings is 1. The molecule has 0 aromatic heterocycles. The summed E-state index contributed by atoms with van der Waals surface area (Å²) in [7, 11) is 1.66. The fourth-order valence-electron chi connectivity index (χ4n) is 3.75. The lowest BCUT2D eigenvalue weighted by atomic mass is 10.00. The monoisotopic (exact) mass is 415 g/mol. The molecule has 0 saturated carbocycles. The Morgan fingerprint density at radius 1 is 1.03 bits per heavy atom. The molecule has 1 saturated heterocycles. The molecule has 5 heteroatoms. The van der Waals surface area contributed by atoms with E-state index in [-0.39, 0.29) is 18.1 Å². The Bertz CT molecular complexity index is 750. The topological polar surface area (TPSA) is 38.8 Å². The molecule has 1 amide bonds. The summed E-state index contributed by atoms with van der Waals surface area (Å²) in [5, 5.41) is 0. The van der Waals surface area contributed by atoms with Gasteiger partial charge in [0.25, 0.3) is 5.91 Å².